The number of carbonyl (C=O) groups is 2. The van der Waals surface area contributed by atoms with Crippen molar-refractivity contribution in [1.82, 2.24) is 15.6 Å². The lowest BCUT2D eigenvalue weighted by Gasteiger charge is -2.30. The maximum Gasteiger partial charge on any atom is 0.269 e. The Morgan fingerprint density at radius 2 is 1.33 bits per heavy atom. The average molecular weight is 928 g/mol. The van der Waals surface area contributed by atoms with Crippen molar-refractivity contribution >= 4 is 91.3 Å². The Morgan fingerprint density at radius 1 is 0.783 bits per heavy atom. The number of aliphatic imine (C=N–C) groups is 1. The van der Waals surface area contributed by atoms with Crippen molar-refractivity contribution in [3.05, 3.63) is 88.7 Å². The minimum atomic E-state index is -4.46. The van der Waals surface area contributed by atoms with Crippen LogP contribution < -0.4 is 15.5 Å². The lowest BCUT2D eigenvalue weighted by atomic mass is 9.76. The molecule has 324 valence electrons. The molecule has 4 aromatic rings. The second-order valence-corrected chi connectivity index (χ2v) is 21.1. The van der Waals surface area contributed by atoms with Gasteiger partial charge in [0.15, 0.2) is 0 Å². The van der Waals surface area contributed by atoms with E-state index in [1.165, 1.54) is 23.5 Å². The van der Waals surface area contributed by atoms with Crippen molar-refractivity contribution in [2.45, 2.75) is 31.6 Å². The molecule has 3 heterocycles. The molecule has 5 rings (SSSR count). The highest BCUT2D eigenvalue weighted by Gasteiger charge is 2.45. The number of anilines is 1. The summed E-state index contributed by atoms with van der Waals surface area (Å²) in [7, 11) is -17.7. The molecule has 0 spiro atoms. The maximum absolute atomic E-state index is 13.3. The highest BCUT2D eigenvalue weighted by Crippen LogP contribution is 2.55. The smallest absolute Gasteiger partial charge is 0.269 e. The minimum Gasteiger partial charge on any atom is -0.350 e. The van der Waals surface area contributed by atoms with E-state index in [1.54, 1.807) is 54.1 Å². The molecule has 0 fully saturated rings. The number of aromatic nitrogens is 1. The molecule has 1 aliphatic rings. The van der Waals surface area contributed by atoms with Crippen LogP contribution in [-0.4, -0.2) is 118 Å². The van der Waals surface area contributed by atoms with Crippen LogP contribution in [-0.2, 0) is 45.9 Å². The van der Waals surface area contributed by atoms with E-state index in [1.807, 2.05) is 17.9 Å². The molecule has 0 radical (unpaired) electrons. The molecule has 19 nitrogen and oxygen atoms in total. The van der Waals surface area contributed by atoms with Gasteiger partial charge >= 0.3 is 0 Å². The molecule has 24 heteroatoms. The average Bonchev–Trinajstić information content (AvgIpc) is 3.71. The zero-order chi connectivity index (χ0) is 44.1. The van der Waals surface area contributed by atoms with Crippen molar-refractivity contribution in [3.8, 4) is 11.1 Å². The van der Waals surface area contributed by atoms with Crippen LogP contribution in [0.25, 0.3) is 21.2 Å². The first-order valence-corrected chi connectivity index (χ1v) is 25.3. The van der Waals surface area contributed by atoms with Crippen LogP contribution in [0, 0.1) is 0 Å². The molecule has 0 aliphatic carbocycles. The Bertz CT molecular complexity index is 2720. The van der Waals surface area contributed by atoms with E-state index in [-0.39, 0.29) is 42.8 Å². The SMILES string of the molecule is CC1(CCCS(=O)(=O)O)/C(=C\C=Nc2ccccc2)N(CCCS(=O)(=O)O)c2c1cc(-c1cc(C(=O)NCCS(=O)(=O)O)nc(C(=O)NCCS(=O)(=O)O)c1)c1sccc21. The van der Waals surface area contributed by atoms with Gasteiger partial charge in [0.05, 0.1) is 34.4 Å². The van der Waals surface area contributed by atoms with Crippen LogP contribution in [0.15, 0.2) is 76.7 Å². The number of hydrogen-bond acceptors (Lipinski definition) is 14. The standard InChI is InChI=1S/C36H41N5O14S5/c1-36(11-5-17-57(44,45)46)28-23-27(24-21-29(34(42)38-13-19-59(50,51)52)40-30(22-24)35(43)39-14-20-60(53,54)55)33-26(10-16-56-33)32(28)41(15-6-18-58(47,48)49)31(36)9-12-37-25-7-3-2-4-8-25/h2-4,7-10,12,16,21-23H,5-6,11,13-15,17-20H2,1H3,(H,38,42)(H,39,43)(H,44,45,46)(H,47,48,49)(H,50,51,52)(H,53,54,55)/b31-9+,37-12?. The van der Waals surface area contributed by atoms with E-state index in [0.29, 0.717) is 38.3 Å². The largest absolute Gasteiger partial charge is 0.350 e. The predicted octanol–water partition coefficient (Wildman–Crippen LogP) is 3.51. The van der Waals surface area contributed by atoms with Crippen molar-refractivity contribution in [1.29, 1.82) is 0 Å². The quantitative estimate of drug-likeness (QED) is 0.0579. The van der Waals surface area contributed by atoms with E-state index in [2.05, 4.69) is 20.6 Å². The summed E-state index contributed by atoms with van der Waals surface area (Å²) in [4.78, 5) is 37.2. The van der Waals surface area contributed by atoms with Gasteiger partial charge in [-0.05, 0) is 85.2 Å². The van der Waals surface area contributed by atoms with Gasteiger partial charge in [0.1, 0.15) is 11.4 Å². The molecule has 0 saturated heterocycles. The van der Waals surface area contributed by atoms with Gasteiger partial charge in [-0.1, -0.05) is 18.2 Å². The van der Waals surface area contributed by atoms with Crippen LogP contribution in [0.5, 0.6) is 0 Å². The third-order valence-electron chi connectivity index (χ3n) is 9.40. The van der Waals surface area contributed by atoms with Crippen LogP contribution in [0.4, 0.5) is 11.4 Å². The van der Waals surface area contributed by atoms with Crippen LogP contribution >= 0.6 is 11.3 Å². The molecular formula is C36H41N5O14S5. The van der Waals surface area contributed by atoms with E-state index in [4.69, 9.17) is 9.11 Å². The van der Waals surface area contributed by atoms with Gasteiger partial charge in [0, 0.05) is 52.6 Å². The third kappa shape index (κ3) is 12.4. The molecule has 2 amide bonds. The molecule has 1 aliphatic heterocycles. The van der Waals surface area contributed by atoms with E-state index >= 15 is 0 Å². The zero-order valence-corrected chi connectivity index (χ0v) is 35.8. The molecule has 2 aromatic carbocycles. The number of para-hydroxylation sites is 1. The summed E-state index contributed by atoms with van der Waals surface area (Å²) in [6.07, 6.45) is 3.31. The number of nitrogens with one attached hydrogen (secondary N) is 2. The first-order chi connectivity index (χ1) is 27.9. The fourth-order valence-electron chi connectivity index (χ4n) is 6.79. The fourth-order valence-corrected chi connectivity index (χ4v) is 9.45. The zero-order valence-electron chi connectivity index (χ0n) is 31.8. The van der Waals surface area contributed by atoms with Gasteiger partial charge in [-0.2, -0.15) is 33.7 Å². The highest BCUT2D eigenvalue weighted by atomic mass is 32.2. The number of fused-ring (bicyclic) bond motifs is 3. The van der Waals surface area contributed by atoms with Gasteiger partial charge < -0.3 is 15.5 Å². The summed E-state index contributed by atoms with van der Waals surface area (Å²) in [5.41, 5.74) is 1.26. The molecule has 0 bridgehead atoms. The lowest BCUT2D eigenvalue weighted by Crippen LogP contribution is -2.32. The van der Waals surface area contributed by atoms with Gasteiger partial charge in [-0.3, -0.25) is 32.8 Å². The molecular weight excluding hydrogens is 887 g/mol. The monoisotopic (exact) mass is 927 g/mol. The molecule has 1 unspecified atom stereocenters. The van der Waals surface area contributed by atoms with E-state index < -0.39 is 93.8 Å². The van der Waals surface area contributed by atoms with E-state index in [0.717, 1.165) is 0 Å². The fraction of sp³-hybridized carbons (Fsp3) is 0.333. The van der Waals surface area contributed by atoms with Crippen molar-refractivity contribution in [3.63, 3.8) is 0 Å². The Kier molecular flexibility index (Phi) is 14.3. The Labute approximate surface area is 350 Å². The summed E-state index contributed by atoms with van der Waals surface area (Å²) in [6, 6.07) is 15.2. The van der Waals surface area contributed by atoms with Crippen molar-refractivity contribution in [2.75, 3.05) is 47.5 Å². The second-order valence-electron chi connectivity index (χ2n) is 13.9. The maximum atomic E-state index is 13.3. The Balaban J connectivity index is 1.73. The molecule has 0 saturated carbocycles. The minimum absolute atomic E-state index is 0.0314. The Hall–Kier alpha value is -4.66. The summed E-state index contributed by atoms with van der Waals surface area (Å²) >= 11 is 1.27. The normalized spacial score (nSPS) is 16.8. The van der Waals surface area contributed by atoms with Gasteiger partial charge in [-0.25, -0.2) is 4.98 Å². The number of carbonyl (C=O) groups excluding carboxylic acids is 2. The Morgan fingerprint density at radius 3 is 1.88 bits per heavy atom. The first kappa shape index (κ1) is 46.4. The summed E-state index contributed by atoms with van der Waals surface area (Å²) < 4.78 is 131. The summed E-state index contributed by atoms with van der Waals surface area (Å²) in [5, 5.41) is 7.03. The van der Waals surface area contributed by atoms with Crippen LogP contribution in [0.1, 0.15) is 52.7 Å². The van der Waals surface area contributed by atoms with Gasteiger partial charge in [-0.15, -0.1) is 11.3 Å². The second kappa shape index (κ2) is 18.5. The van der Waals surface area contributed by atoms with Gasteiger partial charge in [0.25, 0.3) is 52.3 Å². The number of amides is 2. The lowest BCUT2D eigenvalue weighted by molar-refractivity contribution is 0.0947. The number of benzene rings is 2. The van der Waals surface area contributed by atoms with Crippen molar-refractivity contribution < 1.29 is 61.5 Å². The van der Waals surface area contributed by atoms with Crippen molar-refractivity contribution in [2.24, 2.45) is 4.99 Å². The number of nitrogens with zero attached hydrogens (tertiary/aromatic N) is 3. The highest BCUT2D eigenvalue weighted by molar-refractivity contribution is 7.86. The molecule has 6 N–H and O–H groups in total. The number of thiophene rings is 1. The number of pyridine rings is 1. The summed E-state index contributed by atoms with van der Waals surface area (Å²) in [6.45, 7) is 0.849. The third-order valence-corrected chi connectivity index (χ3v) is 13.4. The topological polar surface area (TPSA) is 304 Å². The number of rotatable bonds is 19. The molecule has 60 heavy (non-hydrogen) atoms. The number of hydrogen-bond donors (Lipinski definition) is 6. The predicted molar refractivity (Wildman–Crippen MR) is 227 cm³/mol. The van der Waals surface area contributed by atoms with Crippen LogP contribution in [0.2, 0.25) is 0 Å². The first-order valence-electron chi connectivity index (χ1n) is 18.0. The number of allylic oxidation sites excluding steroid dienone is 2. The van der Waals surface area contributed by atoms with Crippen LogP contribution in [0.3, 0.4) is 0 Å². The molecule has 1 atom stereocenters. The van der Waals surface area contributed by atoms with Gasteiger partial charge in [0.2, 0.25) is 0 Å². The molecule has 2 aromatic heterocycles. The van der Waals surface area contributed by atoms with E-state index in [9.17, 15) is 52.4 Å². The summed E-state index contributed by atoms with van der Waals surface area (Å²) in [5.74, 6) is -4.68.